The maximum absolute atomic E-state index is 11.7. The Labute approximate surface area is 106 Å². The van der Waals surface area contributed by atoms with E-state index in [1.807, 2.05) is 0 Å². The minimum atomic E-state index is -1.12. The molecule has 0 aromatic carbocycles. The van der Waals surface area contributed by atoms with Crippen LogP contribution in [0, 0.1) is 5.41 Å². The molecular formula is C11H20N2O5. The summed E-state index contributed by atoms with van der Waals surface area (Å²) in [5.41, 5.74) is -0.631. The molecule has 0 unspecified atom stereocenters. The molecule has 2 amide bonds. The van der Waals surface area contributed by atoms with Crippen molar-refractivity contribution in [3.05, 3.63) is 0 Å². The van der Waals surface area contributed by atoms with E-state index in [1.54, 1.807) is 20.8 Å². The first-order valence-electron chi connectivity index (χ1n) is 5.40. The molecule has 0 saturated heterocycles. The second-order valence-electron chi connectivity index (χ2n) is 5.02. The molecule has 7 heteroatoms. The second kappa shape index (κ2) is 6.23. The van der Waals surface area contributed by atoms with Gasteiger partial charge < -0.3 is 20.1 Å². The number of hydrogen-bond donors (Lipinski definition) is 2. The molecule has 0 aliphatic heterocycles. The minimum absolute atomic E-state index is 0.237. The Bertz CT molecular complexity index is 335. The van der Waals surface area contributed by atoms with E-state index in [0.717, 1.165) is 4.90 Å². The number of carbonyl (C=O) groups excluding carboxylic acids is 2. The van der Waals surface area contributed by atoms with Gasteiger partial charge in [0.05, 0.1) is 7.11 Å². The highest BCUT2D eigenvalue weighted by Gasteiger charge is 2.33. The second-order valence-corrected chi connectivity index (χ2v) is 5.02. The van der Waals surface area contributed by atoms with E-state index in [4.69, 9.17) is 5.11 Å². The van der Waals surface area contributed by atoms with Gasteiger partial charge in [-0.1, -0.05) is 20.8 Å². The number of ether oxygens (including phenoxy) is 1. The number of nitrogens with zero attached hydrogens (tertiary/aromatic N) is 1. The number of rotatable bonds is 4. The molecule has 18 heavy (non-hydrogen) atoms. The third kappa shape index (κ3) is 5.03. The molecule has 0 bridgehead atoms. The molecule has 0 aromatic rings. The lowest BCUT2D eigenvalue weighted by Crippen LogP contribution is -2.53. The summed E-state index contributed by atoms with van der Waals surface area (Å²) in [6.45, 7) is 4.87. The summed E-state index contributed by atoms with van der Waals surface area (Å²) in [5.74, 6) is -1.70. The minimum Gasteiger partial charge on any atom is -0.480 e. The van der Waals surface area contributed by atoms with Crippen LogP contribution in [-0.2, 0) is 14.3 Å². The maximum Gasteiger partial charge on any atom is 0.326 e. The van der Waals surface area contributed by atoms with Gasteiger partial charge in [0.1, 0.15) is 12.6 Å². The van der Waals surface area contributed by atoms with E-state index in [9.17, 15) is 14.4 Å². The SMILES string of the molecule is COC(=O)CN(C)C(=O)N[C@@H](C(=O)O)C(C)(C)C. The lowest BCUT2D eigenvalue weighted by Gasteiger charge is -2.29. The van der Waals surface area contributed by atoms with Gasteiger partial charge in [0, 0.05) is 7.05 Å². The molecule has 0 aliphatic rings. The zero-order chi connectivity index (χ0) is 14.5. The van der Waals surface area contributed by atoms with E-state index in [-0.39, 0.29) is 6.54 Å². The van der Waals surface area contributed by atoms with Crippen LogP contribution in [-0.4, -0.2) is 54.7 Å². The van der Waals surface area contributed by atoms with Crippen LogP contribution in [0.4, 0.5) is 4.79 Å². The molecular weight excluding hydrogens is 240 g/mol. The van der Waals surface area contributed by atoms with Gasteiger partial charge in [-0.2, -0.15) is 0 Å². The van der Waals surface area contributed by atoms with E-state index < -0.39 is 29.4 Å². The Balaban J connectivity index is 4.62. The van der Waals surface area contributed by atoms with Crippen molar-refractivity contribution in [1.29, 1.82) is 0 Å². The molecule has 0 aliphatic carbocycles. The quantitative estimate of drug-likeness (QED) is 0.709. The van der Waals surface area contributed by atoms with Crippen molar-refractivity contribution < 1.29 is 24.2 Å². The fourth-order valence-electron chi connectivity index (χ4n) is 1.21. The predicted molar refractivity (Wildman–Crippen MR) is 64.1 cm³/mol. The number of esters is 1. The molecule has 2 N–H and O–H groups in total. The number of carboxylic acids is 1. The maximum atomic E-state index is 11.7. The number of aliphatic carboxylic acids is 1. The first kappa shape index (κ1) is 16.2. The van der Waals surface area contributed by atoms with E-state index in [1.165, 1.54) is 14.2 Å². The molecule has 104 valence electrons. The van der Waals surface area contributed by atoms with Crippen LogP contribution in [0.15, 0.2) is 0 Å². The standard InChI is InChI=1S/C11H20N2O5/c1-11(2,3)8(9(15)16)12-10(17)13(4)6-7(14)18-5/h8H,6H2,1-5H3,(H,12,17)(H,15,16)/t8-/m0/s1. The van der Waals surface area contributed by atoms with Gasteiger partial charge in [-0.3, -0.25) is 4.79 Å². The molecule has 1 atom stereocenters. The third-order valence-corrected chi connectivity index (χ3v) is 2.32. The summed E-state index contributed by atoms with van der Waals surface area (Å²) < 4.78 is 4.41. The summed E-state index contributed by atoms with van der Waals surface area (Å²) in [6, 6.07) is -1.67. The Kier molecular flexibility index (Phi) is 5.61. The first-order valence-corrected chi connectivity index (χ1v) is 5.40. The van der Waals surface area contributed by atoms with Crippen molar-refractivity contribution in [1.82, 2.24) is 10.2 Å². The summed E-state index contributed by atoms with van der Waals surface area (Å²) in [4.78, 5) is 34.8. The van der Waals surface area contributed by atoms with Gasteiger partial charge in [-0.25, -0.2) is 9.59 Å². The predicted octanol–water partition coefficient (Wildman–Crippen LogP) is 0.300. The van der Waals surface area contributed by atoms with Crippen LogP contribution >= 0.6 is 0 Å². The Hall–Kier alpha value is -1.79. The molecule has 0 fully saturated rings. The largest absolute Gasteiger partial charge is 0.480 e. The number of amides is 2. The molecule has 7 nitrogen and oxygen atoms in total. The van der Waals surface area contributed by atoms with Gasteiger partial charge in [-0.15, -0.1) is 0 Å². The Morgan fingerprint density at radius 2 is 1.83 bits per heavy atom. The van der Waals surface area contributed by atoms with Gasteiger partial charge >= 0.3 is 18.0 Å². The number of carbonyl (C=O) groups is 3. The Morgan fingerprint density at radius 3 is 2.17 bits per heavy atom. The third-order valence-electron chi connectivity index (χ3n) is 2.32. The number of methoxy groups -OCH3 is 1. The van der Waals surface area contributed by atoms with Crippen molar-refractivity contribution in [2.45, 2.75) is 26.8 Å². The van der Waals surface area contributed by atoms with Gasteiger partial charge in [0.25, 0.3) is 0 Å². The van der Waals surface area contributed by atoms with E-state index in [0.29, 0.717) is 0 Å². The van der Waals surface area contributed by atoms with Crippen LogP contribution in [0.1, 0.15) is 20.8 Å². The average molecular weight is 260 g/mol. The number of likely N-dealkylation sites (N-methyl/N-ethyl adjacent to an activating group) is 1. The number of nitrogens with one attached hydrogen (secondary N) is 1. The summed E-state index contributed by atoms with van der Waals surface area (Å²) in [6.07, 6.45) is 0. The fourth-order valence-corrected chi connectivity index (χ4v) is 1.21. The monoisotopic (exact) mass is 260 g/mol. The van der Waals surface area contributed by atoms with Crippen LogP contribution in [0.3, 0.4) is 0 Å². The van der Waals surface area contributed by atoms with E-state index >= 15 is 0 Å². The number of urea groups is 1. The van der Waals surface area contributed by atoms with Gasteiger partial charge in [0.15, 0.2) is 0 Å². The van der Waals surface area contributed by atoms with Gasteiger partial charge in [0.2, 0.25) is 0 Å². The van der Waals surface area contributed by atoms with Crippen molar-refractivity contribution in [3.8, 4) is 0 Å². The summed E-state index contributed by atoms with van der Waals surface area (Å²) in [7, 11) is 2.59. The molecule has 0 saturated carbocycles. The summed E-state index contributed by atoms with van der Waals surface area (Å²) in [5, 5.41) is 11.4. The summed E-state index contributed by atoms with van der Waals surface area (Å²) >= 11 is 0. The number of carboxylic acid groups (broad SMARTS) is 1. The lowest BCUT2D eigenvalue weighted by atomic mass is 9.87. The normalized spacial score (nSPS) is 12.5. The van der Waals surface area contributed by atoms with Crippen molar-refractivity contribution in [2.24, 2.45) is 5.41 Å². The van der Waals surface area contributed by atoms with Crippen LogP contribution in [0.2, 0.25) is 0 Å². The van der Waals surface area contributed by atoms with E-state index in [2.05, 4.69) is 10.1 Å². The van der Waals surface area contributed by atoms with Crippen molar-refractivity contribution in [3.63, 3.8) is 0 Å². The van der Waals surface area contributed by atoms with Crippen LogP contribution < -0.4 is 5.32 Å². The molecule has 0 spiro atoms. The topological polar surface area (TPSA) is 95.9 Å². The first-order chi connectivity index (χ1) is 8.09. The Morgan fingerprint density at radius 1 is 1.33 bits per heavy atom. The lowest BCUT2D eigenvalue weighted by molar-refractivity contribution is -0.142. The highest BCUT2D eigenvalue weighted by molar-refractivity contribution is 5.85. The zero-order valence-electron chi connectivity index (χ0n) is 11.3. The van der Waals surface area contributed by atoms with Crippen LogP contribution in [0.25, 0.3) is 0 Å². The average Bonchev–Trinajstić information content (AvgIpc) is 2.22. The smallest absolute Gasteiger partial charge is 0.326 e. The fraction of sp³-hybridized carbons (Fsp3) is 0.727. The van der Waals surface area contributed by atoms with Crippen molar-refractivity contribution >= 4 is 18.0 Å². The number of hydrogen-bond acceptors (Lipinski definition) is 4. The highest BCUT2D eigenvalue weighted by atomic mass is 16.5. The zero-order valence-corrected chi connectivity index (χ0v) is 11.3. The van der Waals surface area contributed by atoms with Crippen LogP contribution in [0.5, 0.6) is 0 Å². The molecule has 0 rings (SSSR count). The van der Waals surface area contributed by atoms with Crippen molar-refractivity contribution in [2.75, 3.05) is 20.7 Å². The van der Waals surface area contributed by atoms with Gasteiger partial charge in [-0.05, 0) is 5.41 Å². The molecule has 0 radical (unpaired) electrons. The highest BCUT2D eigenvalue weighted by Crippen LogP contribution is 2.19. The molecule has 0 heterocycles. The molecule has 0 aromatic heterocycles.